The summed E-state index contributed by atoms with van der Waals surface area (Å²) < 4.78 is 41.4. The SMILES string of the molecule is [C-]#[N+]c1ccc(Nc2cc3c(c(C(F)(F)F)c2)N(C)[C@H]2CCNC[C@@H]32)cn1. The first-order valence-electron chi connectivity index (χ1n) is 8.67. The van der Waals surface area contributed by atoms with Gasteiger partial charge in [0, 0.05) is 31.2 Å². The number of fused-ring (bicyclic) bond motifs is 3. The lowest BCUT2D eigenvalue weighted by molar-refractivity contribution is -0.137. The average molecular weight is 373 g/mol. The summed E-state index contributed by atoms with van der Waals surface area (Å²) in [4.78, 5) is 8.96. The van der Waals surface area contributed by atoms with Gasteiger partial charge in [0.1, 0.15) is 6.20 Å². The highest BCUT2D eigenvalue weighted by atomic mass is 19.4. The van der Waals surface area contributed by atoms with Gasteiger partial charge >= 0.3 is 6.18 Å². The lowest BCUT2D eigenvalue weighted by Crippen LogP contribution is -2.42. The van der Waals surface area contributed by atoms with E-state index < -0.39 is 11.7 Å². The number of hydrogen-bond acceptors (Lipinski definition) is 4. The van der Waals surface area contributed by atoms with E-state index in [1.165, 1.54) is 12.3 Å². The van der Waals surface area contributed by atoms with Crippen LogP contribution < -0.4 is 15.5 Å². The van der Waals surface area contributed by atoms with E-state index in [4.69, 9.17) is 6.57 Å². The Kier molecular flexibility index (Phi) is 4.19. The molecule has 2 aromatic rings. The third-order valence-electron chi connectivity index (χ3n) is 5.29. The zero-order valence-corrected chi connectivity index (χ0v) is 14.6. The quantitative estimate of drug-likeness (QED) is 0.771. The van der Waals surface area contributed by atoms with Crippen molar-refractivity contribution >= 4 is 22.9 Å². The van der Waals surface area contributed by atoms with Crippen LogP contribution in [0.5, 0.6) is 0 Å². The molecule has 0 spiro atoms. The van der Waals surface area contributed by atoms with Gasteiger partial charge in [0.2, 0.25) is 0 Å². The van der Waals surface area contributed by atoms with Gasteiger partial charge in [-0.1, -0.05) is 6.57 Å². The number of pyridine rings is 1. The minimum absolute atomic E-state index is 0.0317. The zero-order chi connectivity index (χ0) is 19.2. The summed E-state index contributed by atoms with van der Waals surface area (Å²) in [6.45, 7) is 8.41. The van der Waals surface area contributed by atoms with Gasteiger partial charge < -0.3 is 20.4 Å². The van der Waals surface area contributed by atoms with E-state index in [0.29, 0.717) is 17.9 Å². The molecule has 2 aliphatic heterocycles. The second kappa shape index (κ2) is 6.43. The fourth-order valence-corrected chi connectivity index (χ4v) is 4.11. The van der Waals surface area contributed by atoms with Crippen molar-refractivity contribution in [3.8, 4) is 0 Å². The second-order valence-electron chi connectivity index (χ2n) is 6.88. The predicted octanol–water partition coefficient (Wildman–Crippen LogP) is 4.29. The maximum Gasteiger partial charge on any atom is 0.418 e. The molecule has 0 radical (unpaired) electrons. The minimum Gasteiger partial charge on any atom is -0.370 e. The molecule has 1 fully saturated rings. The predicted molar refractivity (Wildman–Crippen MR) is 97.6 cm³/mol. The number of aromatic nitrogens is 1. The van der Waals surface area contributed by atoms with Crippen LogP contribution >= 0.6 is 0 Å². The smallest absolute Gasteiger partial charge is 0.370 e. The summed E-state index contributed by atoms with van der Waals surface area (Å²) in [7, 11) is 1.75. The molecule has 3 heterocycles. The van der Waals surface area contributed by atoms with Crippen LogP contribution in [-0.4, -0.2) is 31.2 Å². The van der Waals surface area contributed by atoms with Crippen molar-refractivity contribution in [2.24, 2.45) is 0 Å². The van der Waals surface area contributed by atoms with Crippen molar-refractivity contribution in [3.63, 3.8) is 0 Å². The number of nitrogens with zero attached hydrogens (tertiary/aromatic N) is 3. The topological polar surface area (TPSA) is 44.6 Å². The van der Waals surface area contributed by atoms with E-state index in [9.17, 15) is 13.2 Å². The van der Waals surface area contributed by atoms with Crippen LogP contribution in [0.4, 0.5) is 36.1 Å². The second-order valence-corrected chi connectivity index (χ2v) is 6.88. The van der Waals surface area contributed by atoms with E-state index in [-0.39, 0.29) is 23.5 Å². The molecule has 2 aliphatic rings. The van der Waals surface area contributed by atoms with E-state index >= 15 is 0 Å². The van der Waals surface area contributed by atoms with Gasteiger partial charge in [0.05, 0.1) is 16.9 Å². The Morgan fingerprint density at radius 2 is 2.11 bits per heavy atom. The van der Waals surface area contributed by atoms with Gasteiger partial charge in [-0.25, -0.2) is 0 Å². The van der Waals surface area contributed by atoms with Crippen LogP contribution in [0, 0.1) is 6.57 Å². The summed E-state index contributed by atoms with van der Waals surface area (Å²) in [5, 5.41) is 6.29. The van der Waals surface area contributed by atoms with Gasteiger partial charge in [0.25, 0.3) is 5.82 Å². The van der Waals surface area contributed by atoms with Gasteiger partial charge in [-0.15, -0.1) is 4.98 Å². The van der Waals surface area contributed by atoms with E-state index in [1.54, 1.807) is 18.0 Å². The van der Waals surface area contributed by atoms with Crippen molar-refractivity contribution in [2.75, 3.05) is 30.4 Å². The highest BCUT2D eigenvalue weighted by Crippen LogP contribution is 2.50. The van der Waals surface area contributed by atoms with Crippen molar-refractivity contribution < 1.29 is 13.2 Å². The van der Waals surface area contributed by atoms with Crippen molar-refractivity contribution in [3.05, 3.63) is 53.0 Å². The molecule has 0 saturated carbocycles. The summed E-state index contributed by atoms with van der Waals surface area (Å²) in [6, 6.07) is 6.21. The summed E-state index contributed by atoms with van der Waals surface area (Å²) in [6.07, 6.45) is -2.17. The molecule has 1 saturated heterocycles. The highest BCUT2D eigenvalue weighted by Gasteiger charge is 2.45. The standard InChI is InChI=1S/C19H18F3N5/c1-23-17-4-3-11(9-25-17)26-12-7-13-14-10-24-6-5-16(14)27(2)18(13)15(8-12)19(20,21)22/h3-4,7-9,14,16,24,26H,5-6,10H2,2H3/t14-,16-/m0/s1. The van der Waals surface area contributed by atoms with Crippen LogP contribution in [0.2, 0.25) is 0 Å². The molecule has 1 aromatic heterocycles. The number of nitrogens with one attached hydrogen (secondary N) is 2. The molecule has 2 atom stereocenters. The minimum atomic E-state index is -4.44. The van der Waals surface area contributed by atoms with E-state index in [0.717, 1.165) is 24.6 Å². The largest absolute Gasteiger partial charge is 0.418 e. The lowest BCUT2D eigenvalue weighted by Gasteiger charge is -2.31. The van der Waals surface area contributed by atoms with E-state index in [1.807, 2.05) is 6.07 Å². The summed E-state index contributed by atoms with van der Waals surface area (Å²) >= 11 is 0. The van der Waals surface area contributed by atoms with Crippen molar-refractivity contribution in [1.82, 2.24) is 10.3 Å². The molecule has 0 aliphatic carbocycles. The van der Waals surface area contributed by atoms with Gasteiger partial charge in [-0.05, 0) is 42.8 Å². The molecule has 2 N–H and O–H groups in total. The molecule has 5 nitrogen and oxygen atoms in total. The molecule has 4 rings (SSSR count). The molecular weight excluding hydrogens is 355 g/mol. The van der Waals surface area contributed by atoms with E-state index in [2.05, 4.69) is 20.5 Å². The Balaban J connectivity index is 1.77. The number of halogens is 3. The molecule has 27 heavy (non-hydrogen) atoms. The normalized spacial score (nSPS) is 21.4. The first-order chi connectivity index (χ1) is 12.9. The monoisotopic (exact) mass is 373 g/mol. The van der Waals surface area contributed by atoms with Gasteiger partial charge in [-0.2, -0.15) is 13.2 Å². The van der Waals surface area contributed by atoms with Crippen LogP contribution in [0.3, 0.4) is 0 Å². The zero-order valence-electron chi connectivity index (χ0n) is 14.6. The van der Waals surface area contributed by atoms with Crippen LogP contribution in [0.25, 0.3) is 4.85 Å². The van der Waals surface area contributed by atoms with Crippen LogP contribution in [0.1, 0.15) is 23.5 Å². The molecule has 8 heteroatoms. The number of anilines is 3. The van der Waals surface area contributed by atoms with Gasteiger partial charge in [-0.3, -0.25) is 0 Å². The third-order valence-corrected chi connectivity index (χ3v) is 5.29. The van der Waals surface area contributed by atoms with Crippen molar-refractivity contribution in [2.45, 2.75) is 24.6 Å². The maximum atomic E-state index is 13.8. The number of rotatable bonds is 2. The number of benzene rings is 1. The number of hydrogen-bond donors (Lipinski definition) is 2. The van der Waals surface area contributed by atoms with Gasteiger partial charge in [0.15, 0.2) is 0 Å². The molecular formula is C19H18F3N5. The molecule has 1 aromatic carbocycles. The maximum absolute atomic E-state index is 13.8. The fraction of sp³-hybridized carbons (Fsp3) is 0.368. The summed E-state index contributed by atoms with van der Waals surface area (Å²) in [5.74, 6) is 0.271. The fourth-order valence-electron chi connectivity index (χ4n) is 4.11. The Bertz CT molecular complexity index is 901. The lowest BCUT2D eigenvalue weighted by atomic mass is 9.89. The number of alkyl halides is 3. The third kappa shape index (κ3) is 3.08. The number of piperidine rings is 1. The molecule has 140 valence electrons. The van der Waals surface area contributed by atoms with Crippen molar-refractivity contribution in [1.29, 1.82) is 0 Å². The molecule has 0 amide bonds. The first kappa shape index (κ1) is 17.6. The van der Waals surface area contributed by atoms with Crippen LogP contribution in [0.15, 0.2) is 30.5 Å². The number of likely N-dealkylation sites (N-methyl/N-ethyl adjacent to an activating group) is 1. The molecule has 0 unspecified atom stereocenters. The highest BCUT2D eigenvalue weighted by molar-refractivity contribution is 5.74. The first-order valence-corrected chi connectivity index (χ1v) is 8.67. The summed E-state index contributed by atoms with van der Waals surface area (Å²) in [5.41, 5.74) is 1.30. The van der Waals surface area contributed by atoms with Crippen LogP contribution in [-0.2, 0) is 6.18 Å². The Hall–Kier alpha value is -2.79. The Morgan fingerprint density at radius 1 is 1.30 bits per heavy atom. The average Bonchev–Trinajstić information content (AvgIpc) is 2.94. The Morgan fingerprint density at radius 3 is 2.78 bits per heavy atom. The Labute approximate surface area is 155 Å². The molecule has 0 bridgehead atoms.